The number of hydrogen-bond donors (Lipinski definition) is 2. The summed E-state index contributed by atoms with van der Waals surface area (Å²) in [6, 6.07) is 4.98. The molecule has 0 aromatic heterocycles. The Kier molecular flexibility index (Phi) is 6.60. The molecule has 2 N–H and O–H groups in total. The average molecular weight is 366 g/mol. The molecule has 0 radical (unpaired) electrons. The minimum absolute atomic E-state index is 0.176. The monoisotopic (exact) mass is 366 g/mol. The largest absolute Gasteiger partial charge is 0.493 e. The van der Waals surface area contributed by atoms with Gasteiger partial charge in [0, 0.05) is 12.8 Å². The van der Waals surface area contributed by atoms with Crippen molar-refractivity contribution in [2.24, 2.45) is 0 Å². The Bertz CT molecular complexity index is 690. The van der Waals surface area contributed by atoms with E-state index in [1.165, 1.54) is 0 Å². The van der Waals surface area contributed by atoms with Crippen LogP contribution in [0.3, 0.4) is 0 Å². The highest BCUT2D eigenvalue weighted by molar-refractivity contribution is 7.80. The lowest BCUT2D eigenvalue weighted by Gasteiger charge is -2.30. The zero-order chi connectivity index (χ0) is 18.4. The van der Waals surface area contributed by atoms with Gasteiger partial charge in [0.15, 0.2) is 16.6 Å². The SMILES string of the molecule is COCCOC(=O)C1=C(C)NC(=S)N[C@H]1c1ccc(OC)c(OC)c1. The maximum atomic E-state index is 12.5. The van der Waals surface area contributed by atoms with Crippen LogP contribution in [-0.4, -0.2) is 45.6 Å². The van der Waals surface area contributed by atoms with Crippen molar-refractivity contribution in [2.75, 3.05) is 34.5 Å². The number of methoxy groups -OCH3 is 3. The molecule has 1 heterocycles. The van der Waals surface area contributed by atoms with Gasteiger partial charge in [0.05, 0.1) is 32.4 Å². The van der Waals surface area contributed by atoms with E-state index in [0.717, 1.165) is 5.56 Å². The lowest BCUT2D eigenvalue weighted by atomic mass is 9.95. The second-order valence-corrected chi connectivity index (χ2v) is 5.72. The lowest BCUT2D eigenvalue weighted by molar-refractivity contribution is -0.140. The average Bonchev–Trinajstić information content (AvgIpc) is 2.60. The van der Waals surface area contributed by atoms with E-state index >= 15 is 0 Å². The third-order valence-electron chi connectivity index (χ3n) is 3.75. The molecule has 8 heteroatoms. The molecule has 7 nitrogen and oxygen atoms in total. The molecular weight excluding hydrogens is 344 g/mol. The summed E-state index contributed by atoms with van der Waals surface area (Å²) in [5.74, 6) is 0.737. The van der Waals surface area contributed by atoms with E-state index in [2.05, 4.69) is 10.6 Å². The predicted molar refractivity (Wildman–Crippen MR) is 96.7 cm³/mol. The van der Waals surface area contributed by atoms with E-state index in [4.69, 9.17) is 31.2 Å². The van der Waals surface area contributed by atoms with E-state index in [1.807, 2.05) is 6.07 Å². The lowest BCUT2D eigenvalue weighted by Crippen LogP contribution is -2.45. The fourth-order valence-corrected chi connectivity index (χ4v) is 2.81. The first kappa shape index (κ1) is 19.0. The first-order chi connectivity index (χ1) is 12.0. The van der Waals surface area contributed by atoms with Crippen LogP contribution < -0.4 is 20.1 Å². The van der Waals surface area contributed by atoms with Crippen LogP contribution in [0.15, 0.2) is 29.5 Å². The minimum Gasteiger partial charge on any atom is -0.493 e. The van der Waals surface area contributed by atoms with E-state index in [9.17, 15) is 4.79 Å². The number of rotatable bonds is 7. The standard InChI is InChI=1S/C17H22N2O5S/c1-10-14(16(20)24-8-7-21-2)15(19-17(25)18-10)11-5-6-12(22-3)13(9-11)23-4/h5-6,9,15H,7-8H2,1-4H3,(H2,18,19,25)/t15-/m0/s1. The van der Waals surface area contributed by atoms with Crippen LogP contribution in [0.1, 0.15) is 18.5 Å². The molecule has 2 rings (SSSR count). The molecule has 0 amide bonds. The number of esters is 1. The van der Waals surface area contributed by atoms with Gasteiger partial charge >= 0.3 is 5.97 Å². The predicted octanol–water partition coefficient (Wildman–Crippen LogP) is 1.69. The number of carbonyl (C=O) groups excluding carboxylic acids is 1. The molecule has 1 aliphatic rings. The van der Waals surface area contributed by atoms with Crippen LogP contribution in [0.4, 0.5) is 0 Å². The van der Waals surface area contributed by atoms with Crippen molar-refractivity contribution in [3.05, 3.63) is 35.0 Å². The summed E-state index contributed by atoms with van der Waals surface area (Å²) in [6.07, 6.45) is 0. The summed E-state index contributed by atoms with van der Waals surface area (Å²) < 4.78 is 20.8. The summed E-state index contributed by atoms with van der Waals surface area (Å²) in [7, 11) is 4.67. The highest BCUT2D eigenvalue weighted by Gasteiger charge is 2.31. The van der Waals surface area contributed by atoms with Crippen LogP contribution >= 0.6 is 12.2 Å². The summed E-state index contributed by atoms with van der Waals surface area (Å²) in [6.45, 7) is 2.29. The number of hydrogen-bond acceptors (Lipinski definition) is 6. The summed E-state index contributed by atoms with van der Waals surface area (Å²) in [4.78, 5) is 12.5. The van der Waals surface area contributed by atoms with Crippen LogP contribution in [0.5, 0.6) is 11.5 Å². The van der Waals surface area contributed by atoms with Crippen LogP contribution in [0.25, 0.3) is 0 Å². The Morgan fingerprint density at radius 1 is 1.16 bits per heavy atom. The molecule has 25 heavy (non-hydrogen) atoms. The van der Waals surface area contributed by atoms with E-state index < -0.39 is 12.0 Å². The molecule has 1 aromatic carbocycles. The van der Waals surface area contributed by atoms with Gasteiger partial charge < -0.3 is 29.6 Å². The quantitative estimate of drug-likeness (QED) is 0.429. The second kappa shape index (κ2) is 8.68. The first-order valence-corrected chi connectivity index (χ1v) is 8.09. The van der Waals surface area contributed by atoms with Gasteiger partial charge in [0.1, 0.15) is 6.61 Å². The van der Waals surface area contributed by atoms with Crippen molar-refractivity contribution in [2.45, 2.75) is 13.0 Å². The Balaban J connectivity index is 2.37. The van der Waals surface area contributed by atoms with Gasteiger partial charge in [-0.25, -0.2) is 4.79 Å². The number of benzene rings is 1. The van der Waals surface area contributed by atoms with Gasteiger partial charge in [0.25, 0.3) is 0 Å². The van der Waals surface area contributed by atoms with Gasteiger partial charge in [-0.2, -0.15) is 0 Å². The van der Waals surface area contributed by atoms with Crippen molar-refractivity contribution in [3.63, 3.8) is 0 Å². The molecule has 1 atom stereocenters. The van der Waals surface area contributed by atoms with E-state index in [-0.39, 0.29) is 6.61 Å². The topological polar surface area (TPSA) is 78.1 Å². The third kappa shape index (κ3) is 4.40. The van der Waals surface area contributed by atoms with Crippen molar-refractivity contribution in [3.8, 4) is 11.5 Å². The summed E-state index contributed by atoms with van der Waals surface area (Å²) in [5.41, 5.74) is 1.91. The highest BCUT2D eigenvalue weighted by Crippen LogP contribution is 2.34. The zero-order valence-electron chi connectivity index (χ0n) is 14.7. The van der Waals surface area contributed by atoms with Crippen molar-refractivity contribution in [1.29, 1.82) is 0 Å². The Hall–Kier alpha value is -2.32. The molecule has 0 aliphatic carbocycles. The molecular formula is C17H22N2O5S. The van der Waals surface area contributed by atoms with Gasteiger partial charge in [-0.15, -0.1) is 0 Å². The Labute approximate surface area is 152 Å². The van der Waals surface area contributed by atoms with Crippen molar-refractivity contribution in [1.82, 2.24) is 10.6 Å². The number of thiocarbonyl (C=S) groups is 1. The van der Waals surface area contributed by atoms with Crippen molar-refractivity contribution < 1.29 is 23.7 Å². The third-order valence-corrected chi connectivity index (χ3v) is 3.97. The molecule has 0 saturated carbocycles. The number of ether oxygens (including phenoxy) is 4. The van der Waals surface area contributed by atoms with Crippen molar-refractivity contribution >= 4 is 23.3 Å². The summed E-state index contributed by atoms with van der Waals surface area (Å²) >= 11 is 5.23. The number of carbonyl (C=O) groups is 1. The van der Waals surface area contributed by atoms with Gasteiger partial charge in [-0.3, -0.25) is 0 Å². The zero-order valence-corrected chi connectivity index (χ0v) is 15.5. The second-order valence-electron chi connectivity index (χ2n) is 5.31. The number of nitrogens with one attached hydrogen (secondary N) is 2. The maximum absolute atomic E-state index is 12.5. The molecule has 0 unspecified atom stereocenters. The fourth-order valence-electron chi connectivity index (χ4n) is 2.54. The Morgan fingerprint density at radius 3 is 2.52 bits per heavy atom. The molecule has 1 aliphatic heterocycles. The molecule has 0 fully saturated rings. The maximum Gasteiger partial charge on any atom is 0.338 e. The minimum atomic E-state index is -0.455. The molecule has 0 spiro atoms. The fraction of sp³-hybridized carbons (Fsp3) is 0.412. The molecule has 1 aromatic rings. The smallest absolute Gasteiger partial charge is 0.338 e. The molecule has 136 valence electrons. The molecule has 0 bridgehead atoms. The number of allylic oxidation sites excluding steroid dienone is 1. The van der Waals surface area contributed by atoms with Crippen LogP contribution in [-0.2, 0) is 14.3 Å². The molecule has 0 saturated heterocycles. The van der Waals surface area contributed by atoms with Crippen LogP contribution in [0, 0.1) is 0 Å². The highest BCUT2D eigenvalue weighted by atomic mass is 32.1. The van der Waals surface area contributed by atoms with E-state index in [1.54, 1.807) is 40.4 Å². The first-order valence-electron chi connectivity index (χ1n) is 7.68. The van der Waals surface area contributed by atoms with Gasteiger partial charge in [-0.1, -0.05) is 6.07 Å². The van der Waals surface area contributed by atoms with E-state index in [0.29, 0.717) is 34.5 Å². The van der Waals surface area contributed by atoms with Crippen LogP contribution in [0.2, 0.25) is 0 Å². The van der Waals surface area contributed by atoms with Gasteiger partial charge in [0.2, 0.25) is 0 Å². The van der Waals surface area contributed by atoms with Gasteiger partial charge in [-0.05, 0) is 36.8 Å². The normalized spacial score (nSPS) is 16.8. The summed E-state index contributed by atoms with van der Waals surface area (Å²) in [5, 5.41) is 6.51. The Morgan fingerprint density at radius 2 is 1.88 bits per heavy atom.